The van der Waals surface area contributed by atoms with Crippen molar-refractivity contribution in [2.75, 3.05) is 13.1 Å². The van der Waals surface area contributed by atoms with E-state index in [-0.39, 0.29) is 11.8 Å². The maximum Gasteiger partial charge on any atom is 0.276 e. The topological polar surface area (TPSA) is 51.0 Å². The molecule has 0 bridgehead atoms. The normalized spacial score (nSPS) is 16.7. The number of hydrogen-bond acceptors (Lipinski definition) is 3. The molecular weight excluding hydrogens is 383 g/mol. The number of carbonyl (C=O) groups excluding carboxylic acids is 1. The lowest BCUT2D eigenvalue weighted by Crippen LogP contribution is -2.28. The van der Waals surface area contributed by atoms with Gasteiger partial charge in [0.2, 0.25) is 0 Å². The van der Waals surface area contributed by atoms with Crippen LogP contribution in [0.2, 0.25) is 10.0 Å². The van der Waals surface area contributed by atoms with Gasteiger partial charge in [0.1, 0.15) is 0 Å². The second kappa shape index (κ2) is 7.71. The molecule has 2 aromatic carbocycles. The molecule has 1 aromatic heterocycles. The van der Waals surface area contributed by atoms with Gasteiger partial charge in [-0.25, -0.2) is 4.68 Å². The van der Waals surface area contributed by atoms with E-state index in [1.165, 1.54) is 0 Å². The first-order chi connectivity index (χ1) is 13.1. The molecule has 138 valence electrons. The lowest BCUT2D eigenvalue weighted by Gasteiger charge is -2.15. The number of amides is 1. The molecule has 5 nitrogen and oxygen atoms in total. The molecule has 3 aromatic rings. The zero-order valence-electron chi connectivity index (χ0n) is 14.6. The van der Waals surface area contributed by atoms with Crippen LogP contribution in [0, 0.1) is 0 Å². The van der Waals surface area contributed by atoms with Gasteiger partial charge < -0.3 is 4.90 Å². The number of hydrogen-bond donors (Lipinski definition) is 0. The first-order valence-corrected chi connectivity index (χ1v) is 9.54. The van der Waals surface area contributed by atoms with Gasteiger partial charge in [0.05, 0.1) is 12.7 Å². The first-order valence-electron chi connectivity index (χ1n) is 8.79. The summed E-state index contributed by atoms with van der Waals surface area (Å²) in [5.74, 6) is 0.149. The molecule has 4 rings (SSSR count). The summed E-state index contributed by atoms with van der Waals surface area (Å²) in [7, 11) is 0. The summed E-state index contributed by atoms with van der Waals surface area (Å²) in [6.45, 7) is 1.80. The van der Waals surface area contributed by atoms with Gasteiger partial charge in [0.25, 0.3) is 5.91 Å². The standard InChI is InChI=1S/C20H18Cl2N4O/c21-17-7-3-1-5-15(17)12-26-13-19(23-24-26)20(27)25-10-9-14(11-25)16-6-2-4-8-18(16)22/h1-8,13-14H,9-12H2/t14-/m1/s1. The Labute approximate surface area is 167 Å². The van der Waals surface area contributed by atoms with E-state index in [9.17, 15) is 4.79 Å². The van der Waals surface area contributed by atoms with Crippen LogP contribution in [-0.2, 0) is 6.54 Å². The third-order valence-corrected chi connectivity index (χ3v) is 5.58. The smallest absolute Gasteiger partial charge is 0.276 e. The van der Waals surface area contributed by atoms with Gasteiger partial charge in [0.15, 0.2) is 5.69 Å². The lowest BCUT2D eigenvalue weighted by atomic mass is 9.98. The molecule has 7 heteroatoms. The molecule has 1 aliphatic rings. The number of halogens is 2. The molecule has 1 fully saturated rings. The summed E-state index contributed by atoms with van der Waals surface area (Å²) in [6.07, 6.45) is 2.57. The summed E-state index contributed by atoms with van der Waals surface area (Å²) in [5, 5.41) is 9.55. The minimum atomic E-state index is -0.102. The zero-order valence-corrected chi connectivity index (χ0v) is 16.1. The van der Waals surface area contributed by atoms with Crippen LogP contribution < -0.4 is 0 Å². The predicted octanol–water partition coefficient (Wildman–Crippen LogP) is 4.26. The van der Waals surface area contributed by atoms with Crippen LogP contribution >= 0.6 is 23.2 Å². The molecule has 1 atom stereocenters. The second-order valence-electron chi connectivity index (χ2n) is 6.65. The highest BCUT2D eigenvalue weighted by Crippen LogP contribution is 2.32. The molecule has 0 saturated carbocycles. The van der Waals surface area contributed by atoms with Gasteiger partial charge in [-0.2, -0.15) is 0 Å². The van der Waals surface area contributed by atoms with E-state index < -0.39 is 0 Å². The zero-order chi connectivity index (χ0) is 18.8. The number of carbonyl (C=O) groups is 1. The highest BCUT2D eigenvalue weighted by molar-refractivity contribution is 6.31. The predicted molar refractivity (Wildman–Crippen MR) is 105 cm³/mol. The van der Waals surface area contributed by atoms with Gasteiger partial charge in [0, 0.05) is 29.1 Å². The van der Waals surface area contributed by atoms with E-state index in [4.69, 9.17) is 23.2 Å². The van der Waals surface area contributed by atoms with E-state index >= 15 is 0 Å². The average Bonchev–Trinajstić information content (AvgIpc) is 3.33. The van der Waals surface area contributed by atoms with Crippen molar-refractivity contribution in [1.82, 2.24) is 19.9 Å². The van der Waals surface area contributed by atoms with Crippen LogP contribution in [0.5, 0.6) is 0 Å². The summed E-state index contributed by atoms with van der Waals surface area (Å²) in [6, 6.07) is 15.4. The van der Waals surface area contributed by atoms with Crippen molar-refractivity contribution in [1.29, 1.82) is 0 Å². The molecule has 1 saturated heterocycles. The van der Waals surface area contributed by atoms with E-state index in [0.29, 0.717) is 30.4 Å². The summed E-state index contributed by atoms with van der Waals surface area (Å²) in [5.41, 5.74) is 2.38. The third-order valence-electron chi connectivity index (χ3n) is 4.87. The third kappa shape index (κ3) is 3.84. The largest absolute Gasteiger partial charge is 0.337 e. The van der Waals surface area contributed by atoms with Gasteiger partial charge in [-0.1, -0.05) is 64.8 Å². The molecule has 0 unspecified atom stereocenters. The molecule has 2 heterocycles. The molecule has 0 aliphatic carbocycles. The van der Waals surface area contributed by atoms with Gasteiger partial charge in [-0.05, 0) is 29.7 Å². The first kappa shape index (κ1) is 18.0. The number of likely N-dealkylation sites (tertiary alicyclic amines) is 1. The molecule has 0 N–H and O–H groups in total. The minimum absolute atomic E-state index is 0.102. The van der Waals surface area contributed by atoms with E-state index in [0.717, 1.165) is 22.6 Å². The van der Waals surface area contributed by atoms with Crippen molar-refractivity contribution in [2.45, 2.75) is 18.9 Å². The van der Waals surface area contributed by atoms with Crippen LogP contribution in [0.4, 0.5) is 0 Å². The molecule has 27 heavy (non-hydrogen) atoms. The Morgan fingerprint density at radius 3 is 2.59 bits per heavy atom. The van der Waals surface area contributed by atoms with Crippen LogP contribution in [0.25, 0.3) is 0 Å². The van der Waals surface area contributed by atoms with Crippen molar-refractivity contribution in [3.63, 3.8) is 0 Å². The van der Waals surface area contributed by atoms with Gasteiger partial charge >= 0.3 is 0 Å². The van der Waals surface area contributed by atoms with Crippen molar-refractivity contribution in [3.8, 4) is 0 Å². The highest BCUT2D eigenvalue weighted by atomic mass is 35.5. The van der Waals surface area contributed by atoms with Crippen molar-refractivity contribution < 1.29 is 4.79 Å². The summed E-state index contributed by atoms with van der Waals surface area (Å²) >= 11 is 12.5. The van der Waals surface area contributed by atoms with E-state index in [1.54, 1.807) is 10.9 Å². The van der Waals surface area contributed by atoms with E-state index in [2.05, 4.69) is 10.3 Å². The Kier molecular flexibility index (Phi) is 5.14. The fourth-order valence-electron chi connectivity index (χ4n) is 3.44. The fourth-order valence-corrected chi connectivity index (χ4v) is 3.93. The molecule has 0 spiro atoms. The minimum Gasteiger partial charge on any atom is -0.337 e. The number of aromatic nitrogens is 3. The Balaban J connectivity index is 1.44. The van der Waals surface area contributed by atoms with Crippen LogP contribution in [0.15, 0.2) is 54.7 Å². The van der Waals surface area contributed by atoms with Crippen molar-refractivity contribution in [3.05, 3.63) is 81.6 Å². The maximum absolute atomic E-state index is 12.8. The summed E-state index contributed by atoms with van der Waals surface area (Å²) in [4.78, 5) is 14.6. The molecule has 1 aliphatic heterocycles. The average molecular weight is 401 g/mol. The second-order valence-corrected chi connectivity index (χ2v) is 7.47. The van der Waals surface area contributed by atoms with Crippen LogP contribution in [-0.4, -0.2) is 38.9 Å². The molecule has 0 radical (unpaired) electrons. The molecular formula is C20H18Cl2N4O. The van der Waals surface area contributed by atoms with Gasteiger partial charge in [-0.3, -0.25) is 4.79 Å². The van der Waals surface area contributed by atoms with Gasteiger partial charge in [-0.15, -0.1) is 5.10 Å². The van der Waals surface area contributed by atoms with Crippen molar-refractivity contribution >= 4 is 29.1 Å². The molecule has 1 amide bonds. The SMILES string of the molecule is O=C(c1cn(Cc2ccccc2Cl)nn1)N1CC[C@@H](c2ccccc2Cl)C1. The Bertz CT molecular complexity index is 972. The number of benzene rings is 2. The number of rotatable bonds is 4. The highest BCUT2D eigenvalue weighted by Gasteiger charge is 2.30. The lowest BCUT2D eigenvalue weighted by molar-refractivity contribution is 0.0785. The number of nitrogens with zero attached hydrogens (tertiary/aromatic N) is 4. The van der Waals surface area contributed by atoms with Crippen LogP contribution in [0.1, 0.15) is 34.0 Å². The Hall–Kier alpha value is -2.37. The maximum atomic E-state index is 12.8. The quantitative estimate of drug-likeness (QED) is 0.657. The van der Waals surface area contributed by atoms with Crippen molar-refractivity contribution in [2.24, 2.45) is 0 Å². The Morgan fingerprint density at radius 1 is 1.07 bits per heavy atom. The van der Waals surface area contributed by atoms with Crippen LogP contribution in [0.3, 0.4) is 0 Å². The fraction of sp³-hybridized carbons (Fsp3) is 0.250. The Morgan fingerprint density at radius 2 is 1.81 bits per heavy atom. The van der Waals surface area contributed by atoms with E-state index in [1.807, 2.05) is 53.4 Å². The summed E-state index contributed by atoms with van der Waals surface area (Å²) < 4.78 is 1.63. The monoisotopic (exact) mass is 400 g/mol.